The fraction of sp³-hybridized carbons (Fsp3) is 0.412. The molecule has 2 aromatic heterocycles. The Bertz CT molecular complexity index is 778. The first-order valence-electron chi connectivity index (χ1n) is 8.46. The molecule has 0 saturated carbocycles. The van der Waals surface area contributed by atoms with Gasteiger partial charge in [-0.25, -0.2) is 19.7 Å². The van der Waals surface area contributed by atoms with E-state index in [4.69, 9.17) is 16.3 Å². The lowest BCUT2D eigenvalue weighted by molar-refractivity contribution is 0.122. The van der Waals surface area contributed by atoms with Crippen molar-refractivity contribution < 1.29 is 9.53 Å². The second-order valence-electron chi connectivity index (χ2n) is 5.80. The Labute approximate surface area is 156 Å². The van der Waals surface area contributed by atoms with Crippen molar-refractivity contribution in [2.24, 2.45) is 0 Å². The minimum Gasteiger partial charge on any atom is -0.378 e. The minimum atomic E-state index is -0.294. The number of aromatic nitrogens is 3. The number of halogens is 1. The van der Waals surface area contributed by atoms with Gasteiger partial charge >= 0.3 is 6.03 Å². The lowest BCUT2D eigenvalue weighted by Crippen LogP contribution is -2.37. The predicted molar refractivity (Wildman–Crippen MR) is 101 cm³/mol. The molecule has 0 aliphatic carbocycles. The first-order chi connectivity index (χ1) is 12.6. The van der Waals surface area contributed by atoms with E-state index in [1.807, 2.05) is 13.8 Å². The van der Waals surface area contributed by atoms with Crippen molar-refractivity contribution in [3.8, 4) is 11.4 Å². The van der Waals surface area contributed by atoms with Crippen LogP contribution in [0.3, 0.4) is 0 Å². The molecule has 9 heteroatoms. The van der Waals surface area contributed by atoms with Crippen LogP contribution in [-0.2, 0) is 4.74 Å². The zero-order valence-electron chi connectivity index (χ0n) is 14.8. The van der Waals surface area contributed by atoms with Crippen molar-refractivity contribution in [1.29, 1.82) is 0 Å². The van der Waals surface area contributed by atoms with E-state index < -0.39 is 0 Å². The summed E-state index contributed by atoms with van der Waals surface area (Å²) in [5.41, 5.74) is 1.57. The fourth-order valence-electron chi connectivity index (χ4n) is 2.61. The molecule has 1 fully saturated rings. The maximum Gasteiger partial charge on any atom is 0.320 e. The number of urea groups is 1. The SMILES string of the molecule is CCNC(=O)Nc1ccc(-c2nc(Cl)c(C)c(N3CCOCC3)n2)cn1. The summed E-state index contributed by atoms with van der Waals surface area (Å²) in [4.78, 5) is 27.0. The van der Waals surface area contributed by atoms with Gasteiger partial charge in [-0.3, -0.25) is 5.32 Å². The van der Waals surface area contributed by atoms with Gasteiger partial charge in [0.2, 0.25) is 0 Å². The second-order valence-corrected chi connectivity index (χ2v) is 6.16. The Morgan fingerprint density at radius 2 is 2.08 bits per heavy atom. The molecule has 0 unspecified atom stereocenters. The standard InChI is InChI=1S/C17H21ClN6O2/c1-3-19-17(25)21-13-5-4-12(10-20-13)15-22-14(18)11(2)16(23-15)24-6-8-26-9-7-24/h4-5,10H,3,6-9H2,1-2H3,(H2,19,20,21,25). The average Bonchev–Trinajstić information content (AvgIpc) is 2.65. The summed E-state index contributed by atoms with van der Waals surface area (Å²) < 4.78 is 5.40. The minimum absolute atomic E-state index is 0.294. The van der Waals surface area contributed by atoms with Crippen LogP contribution in [0, 0.1) is 6.92 Å². The summed E-state index contributed by atoms with van der Waals surface area (Å²) in [6, 6.07) is 3.21. The molecule has 1 aliphatic heterocycles. The van der Waals surface area contributed by atoms with Gasteiger partial charge in [0.25, 0.3) is 0 Å². The van der Waals surface area contributed by atoms with Gasteiger partial charge in [-0.15, -0.1) is 0 Å². The second kappa shape index (κ2) is 8.29. The van der Waals surface area contributed by atoms with Gasteiger partial charge in [0.05, 0.1) is 13.2 Å². The highest BCUT2D eigenvalue weighted by Gasteiger charge is 2.19. The summed E-state index contributed by atoms with van der Waals surface area (Å²) in [5, 5.41) is 5.72. The summed E-state index contributed by atoms with van der Waals surface area (Å²) >= 11 is 6.33. The summed E-state index contributed by atoms with van der Waals surface area (Å²) in [6.07, 6.45) is 1.62. The Kier molecular flexibility index (Phi) is 5.85. The van der Waals surface area contributed by atoms with Crippen LogP contribution in [0.15, 0.2) is 18.3 Å². The highest BCUT2D eigenvalue weighted by atomic mass is 35.5. The molecule has 3 rings (SSSR count). The van der Waals surface area contributed by atoms with Crippen LogP contribution in [-0.4, -0.2) is 53.8 Å². The number of hydrogen-bond donors (Lipinski definition) is 2. The number of nitrogens with one attached hydrogen (secondary N) is 2. The van der Waals surface area contributed by atoms with E-state index in [-0.39, 0.29) is 6.03 Å². The largest absolute Gasteiger partial charge is 0.378 e. The zero-order chi connectivity index (χ0) is 18.5. The van der Waals surface area contributed by atoms with E-state index in [0.717, 1.165) is 30.0 Å². The molecule has 0 atom stereocenters. The van der Waals surface area contributed by atoms with Crippen molar-refractivity contribution in [2.45, 2.75) is 13.8 Å². The molecule has 138 valence electrons. The average molecular weight is 377 g/mol. The van der Waals surface area contributed by atoms with Gasteiger partial charge in [0.15, 0.2) is 5.82 Å². The molecular weight excluding hydrogens is 356 g/mol. The van der Waals surface area contributed by atoms with Crippen molar-refractivity contribution in [3.63, 3.8) is 0 Å². The van der Waals surface area contributed by atoms with E-state index in [1.54, 1.807) is 18.3 Å². The van der Waals surface area contributed by atoms with Crippen LogP contribution in [0.1, 0.15) is 12.5 Å². The third-order valence-electron chi connectivity index (χ3n) is 3.97. The molecule has 8 nitrogen and oxygen atoms in total. The molecule has 26 heavy (non-hydrogen) atoms. The number of ether oxygens (including phenoxy) is 1. The van der Waals surface area contributed by atoms with E-state index in [1.165, 1.54) is 0 Å². The lowest BCUT2D eigenvalue weighted by atomic mass is 10.2. The van der Waals surface area contributed by atoms with E-state index in [2.05, 4.69) is 30.5 Å². The number of pyridine rings is 1. The first-order valence-corrected chi connectivity index (χ1v) is 8.84. The monoisotopic (exact) mass is 376 g/mol. The molecule has 2 amide bonds. The van der Waals surface area contributed by atoms with Crippen LogP contribution >= 0.6 is 11.6 Å². The molecule has 0 spiro atoms. The van der Waals surface area contributed by atoms with Gasteiger partial charge in [0, 0.05) is 37.0 Å². The Hall–Kier alpha value is -2.45. The number of carbonyl (C=O) groups excluding carboxylic acids is 1. The van der Waals surface area contributed by atoms with Crippen LogP contribution < -0.4 is 15.5 Å². The van der Waals surface area contributed by atoms with Gasteiger partial charge in [0.1, 0.15) is 16.8 Å². The normalized spacial score (nSPS) is 14.2. The number of hydrogen-bond acceptors (Lipinski definition) is 6. The molecule has 0 bridgehead atoms. The summed E-state index contributed by atoms with van der Waals surface area (Å²) in [6.45, 7) is 7.16. The number of rotatable bonds is 4. The zero-order valence-corrected chi connectivity index (χ0v) is 15.5. The number of morpholine rings is 1. The molecule has 3 heterocycles. The molecule has 0 radical (unpaired) electrons. The lowest BCUT2D eigenvalue weighted by Gasteiger charge is -2.29. The van der Waals surface area contributed by atoms with Gasteiger partial charge in [-0.2, -0.15) is 0 Å². The molecule has 0 aromatic carbocycles. The summed E-state index contributed by atoms with van der Waals surface area (Å²) in [7, 11) is 0. The van der Waals surface area contributed by atoms with E-state index >= 15 is 0 Å². The first kappa shape index (κ1) is 18.3. The van der Waals surface area contributed by atoms with Crippen molar-refractivity contribution in [2.75, 3.05) is 43.1 Å². The number of nitrogens with zero attached hydrogens (tertiary/aromatic N) is 4. The molecule has 2 aromatic rings. The maximum atomic E-state index is 11.5. The topological polar surface area (TPSA) is 92.3 Å². The van der Waals surface area contributed by atoms with Gasteiger partial charge in [-0.1, -0.05) is 11.6 Å². The number of amides is 2. The third-order valence-corrected chi connectivity index (χ3v) is 4.34. The Morgan fingerprint density at radius 1 is 1.31 bits per heavy atom. The number of anilines is 2. The van der Waals surface area contributed by atoms with Crippen molar-refractivity contribution in [3.05, 3.63) is 29.0 Å². The van der Waals surface area contributed by atoms with Crippen molar-refractivity contribution >= 4 is 29.3 Å². The third kappa shape index (κ3) is 4.20. The fourth-order valence-corrected chi connectivity index (χ4v) is 2.78. The highest BCUT2D eigenvalue weighted by molar-refractivity contribution is 6.30. The van der Waals surface area contributed by atoms with Crippen LogP contribution in [0.4, 0.5) is 16.4 Å². The maximum absolute atomic E-state index is 11.5. The highest BCUT2D eigenvalue weighted by Crippen LogP contribution is 2.28. The van der Waals surface area contributed by atoms with Gasteiger partial charge in [-0.05, 0) is 26.0 Å². The van der Waals surface area contributed by atoms with E-state index in [9.17, 15) is 4.79 Å². The van der Waals surface area contributed by atoms with Crippen LogP contribution in [0.25, 0.3) is 11.4 Å². The quantitative estimate of drug-likeness (QED) is 0.796. The molecular formula is C17H21ClN6O2. The molecule has 1 saturated heterocycles. The Balaban J connectivity index is 1.84. The number of carbonyl (C=O) groups is 1. The van der Waals surface area contributed by atoms with Crippen LogP contribution in [0.2, 0.25) is 5.15 Å². The molecule has 1 aliphatic rings. The smallest absolute Gasteiger partial charge is 0.320 e. The van der Waals surface area contributed by atoms with Gasteiger partial charge < -0.3 is 15.0 Å². The van der Waals surface area contributed by atoms with Crippen molar-refractivity contribution in [1.82, 2.24) is 20.3 Å². The van der Waals surface area contributed by atoms with E-state index in [0.29, 0.717) is 36.6 Å². The predicted octanol–water partition coefficient (Wildman–Crippen LogP) is 2.48. The Morgan fingerprint density at radius 3 is 2.73 bits per heavy atom. The molecule has 2 N–H and O–H groups in total. The summed E-state index contributed by atoms with van der Waals surface area (Å²) in [5.74, 6) is 1.76. The van der Waals surface area contributed by atoms with Crippen LogP contribution in [0.5, 0.6) is 0 Å².